The van der Waals surface area contributed by atoms with E-state index in [1.165, 1.54) is 10.4 Å². The average molecular weight is 420 g/mol. The summed E-state index contributed by atoms with van der Waals surface area (Å²) in [6, 6.07) is 5.90. The minimum Gasteiger partial charge on any atom is -0.350 e. The van der Waals surface area contributed by atoms with Crippen LogP contribution in [0, 0.1) is 5.92 Å². The third kappa shape index (κ3) is 4.53. The predicted molar refractivity (Wildman–Crippen MR) is 112 cm³/mol. The maximum atomic E-state index is 13.3. The van der Waals surface area contributed by atoms with E-state index in [4.69, 9.17) is 0 Å². The molecule has 1 N–H and O–H groups in total. The van der Waals surface area contributed by atoms with Crippen LogP contribution in [0.4, 0.5) is 5.69 Å². The van der Waals surface area contributed by atoms with Gasteiger partial charge in [0, 0.05) is 36.8 Å². The molecular formula is C21H29N3O4S. The normalized spacial score (nSPS) is 25.3. The average Bonchev–Trinajstić information content (AvgIpc) is 3.51. The molecule has 7 nitrogen and oxygen atoms in total. The van der Waals surface area contributed by atoms with Gasteiger partial charge in [0.15, 0.2) is 0 Å². The van der Waals surface area contributed by atoms with Crippen LogP contribution in [0.5, 0.6) is 0 Å². The predicted octanol–water partition coefficient (Wildman–Crippen LogP) is 2.29. The number of nitrogens with zero attached hydrogens (tertiary/aromatic N) is 2. The Balaban J connectivity index is 1.75. The van der Waals surface area contributed by atoms with Crippen molar-refractivity contribution in [3.63, 3.8) is 0 Å². The number of sulfonamides is 1. The fourth-order valence-electron chi connectivity index (χ4n) is 4.11. The van der Waals surface area contributed by atoms with Crippen LogP contribution in [0.25, 0.3) is 0 Å². The first-order valence-corrected chi connectivity index (χ1v) is 11.4. The summed E-state index contributed by atoms with van der Waals surface area (Å²) in [5.74, 6) is -0.0642. The Kier molecular flexibility index (Phi) is 6.14. The van der Waals surface area contributed by atoms with Gasteiger partial charge in [0.2, 0.25) is 21.8 Å². The first-order chi connectivity index (χ1) is 13.6. The summed E-state index contributed by atoms with van der Waals surface area (Å²) >= 11 is 0. The van der Waals surface area contributed by atoms with Gasteiger partial charge in [-0.05, 0) is 69.9 Å². The molecule has 1 aliphatic heterocycles. The van der Waals surface area contributed by atoms with Gasteiger partial charge in [-0.1, -0.05) is 6.58 Å². The van der Waals surface area contributed by atoms with Crippen molar-refractivity contribution in [3.8, 4) is 0 Å². The van der Waals surface area contributed by atoms with E-state index in [9.17, 15) is 18.0 Å². The van der Waals surface area contributed by atoms with Crippen molar-refractivity contribution in [2.24, 2.45) is 5.92 Å². The molecule has 2 amide bonds. The standard InChI is InChI=1S/C21H29N3O4S/c1-5-20(25)22-17-12-14(2)24(15(3)13-17)29(27,28)19-10-8-18(9-11-19)23(4)21(26)16-6-7-16/h5,8-11,14-17H,1,6-7,12-13H2,2-4H3,(H,22,25). The van der Waals surface area contributed by atoms with Crippen molar-refractivity contribution in [1.29, 1.82) is 0 Å². The zero-order chi connectivity index (χ0) is 21.3. The molecule has 1 saturated carbocycles. The summed E-state index contributed by atoms with van der Waals surface area (Å²) in [4.78, 5) is 25.6. The van der Waals surface area contributed by atoms with Crippen LogP contribution < -0.4 is 10.2 Å². The first kappa shape index (κ1) is 21.5. The minimum atomic E-state index is -3.69. The van der Waals surface area contributed by atoms with Gasteiger partial charge < -0.3 is 10.2 Å². The smallest absolute Gasteiger partial charge is 0.243 e. The number of hydrogen-bond acceptors (Lipinski definition) is 4. The van der Waals surface area contributed by atoms with Crippen LogP contribution in [0.3, 0.4) is 0 Å². The van der Waals surface area contributed by atoms with Crippen molar-refractivity contribution in [1.82, 2.24) is 9.62 Å². The van der Waals surface area contributed by atoms with E-state index in [-0.39, 0.29) is 40.8 Å². The Morgan fingerprint density at radius 2 is 1.69 bits per heavy atom. The number of carbonyl (C=O) groups excluding carboxylic acids is 2. The summed E-state index contributed by atoms with van der Waals surface area (Å²) in [5, 5.41) is 2.87. The second-order valence-corrected chi connectivity index (χ2v) is 9.92. The van der Waals surface area contributed by atoms with E-state index in [1.807, 2.05) is 13.8 Å². The van der Waals surface area contributed by atoms with Gasteiger partial charge >= 0.3 is 0 Å². The van der Waals surface area contributed by atoms with Crippen molar-refractivity contribution in [2.75, 3.05) is 11.9 Å². The van der Waals surface area contributed by atoms with Crippen LogP contribution in [-0.4, -0.2) is 49.7 Å². The van der Waals surface area contributed by atoms with Crippen LogP contribution in [0.1, 0.15) is 39.5 Å². The maximum Gasteiger partial charge on any atom is 0.243 e. The number of rotatable bonds is 6. The molecule has 8 heteroatoms. The Hall–Kier alpha value is -2.19. The molecule has 2 aliphatic rings. The van der Waals surface area contributed by atoms with Gasteiger partial charge in [0.1, 0.15) is 0 Å². The fourth-order valence-corrected chi connectivity index (χ4v) is 5.95. The molecule has 2 fully saturated rings. The SMILES string of the molecule is C=CC(=O)NC1CC(C)N(S(=O)(=O)c2ccc(N(C)C(=O)C3CC3)cc2)C(C)C1. The van der Waals surface area contributed by atoms with Gasteiger partial charge in [-0.3, -0.25) is 9.59 Å². The van der Waals surface area contributed by atoms with Crippen molar-refractivity contribution in [2.45, 2.75) is 62.6 Å². The summed E-state index contributed by atoms with van der Waals surface area (Å²) < 4.78 is 28.1. The molecule has 2 unspecified atom stereocenters. The summed E-state index contributed by atoms with van der Waals surface area (Å²) in [5.41, 5.74) is 0.688. The monoisotopic (exact) mass is 419 g/mol. The Labute approximate surface area is 172 Å². The van der Waals surface area contributed by atoms with E-state index in [2.05, 4.69) is 11.9 Å². The number of anilines is 1. The van der Waals surface area contributed by atoms with Crippen molar-refractivity contribution in [3.05, 3.63) is 36.9 Å². The lowest BCUT2D eigenvalue weighted by atomic mass is 9.95. The lowest BCUT2D eigenvalue weighted by Gasteiger charge is -2.41. The molecule has 3 rings (SSSR count). The number of nitrogens with one attached hydrogen (secondary N) is 1. The zero-order valence-corrected chi connectivity index (χ0v) is 18.0. The van der Waals surface area contributed by atoms with Gasteiger partial charge in [-0.15, -0.1) is 0 Å². The Bertz CT molecular complexity index is 881. The molecule has 29 heavy (non-hydrogen) atoms. The Morgan fingerprint density at radius 3 is 2.17 bits per heavy atom. The number of benzene rings is 1. The molecule has 0 radical (unpaired) electrons. The number of amides is 2. The lowest BCUT2D eigenvalue weighted by molar-refractivity contribution is -0.119. The molecule has 158 valence electrons. The van der Waals surface area contributed by atoms with Crippen LogP contribution in [0.15, 0.2) is 41.8 Å². The molecule has 1 aromatic carbocycles. The van der Waals surface area contributed by atoms with Crippen molar-refractivity contribution < 1.29 is 18.0 Å². The summed E-state index contributed by atoms with van der Waals surface area (Å²) in [6.45, 7) is 7.17. The third-order valence-corrected chi connectivity index (χ3v) is 7.85. The molecule has 0 spiro atoms. The van der Waals surface area contributed by atoms with E-state index in [1.54, 1.807) is 36.2 Å². The van der Waals surface area contributed by atoms with Crippen molar-refractivity contribution >= 4 is 27.5 Å². The van der Waals surface area contributed by atoms with Gasteiger partial charge in [-0.2, -0.15) is 4.31 Å². The van der Waals surface area contributed by atoms with Crippen LogP contribution in [0.2, 0.25) is 0 Å². The van der Waals surface area contributed by atoms with E-state index < -0.39 is 10.0 Å². The molecule has 1 saturated heterocycles. The highest BCUT2D eigenvalue weighted by Gasteiger charge is 2.39. The van der Waals surface area contributed by atoms with Crippen LogP contribution >= 0.6 is 0 Å². The first-order valence-electron chi connectivity index (χ1n) is 9.99. The van der Waals surface area contributed by atoms with Gasteiger partial charge in [0.25, 0.3) is 0 Å². The van der Waals surface area contributed by atoms with Gasteiger partial charge in [-0.25, -0.2) is 8.42 Å². The molecule has 0 aromatic heterocycles. The molecule has 1 aromatic rings. The second-order valence-electron chi connectivity index (χ2n) is 8.08. The second kappa shape index (κ2) is 8.28. The summed E-state index contributed by atoms with van der Waals surface area (Å²) in [6.07, 6.45) is 4.16. The topological polar surface area (TPSA) is 86.8 Å². The molecule has 1 aliphatic carbocycles. The van der Waals surface area contributed by atoms with E-state index in [0.29, 0.717) is 18.5 Å². The summed E-state index contributed by atoms with van der Waals surface area (Å²) in [7, 11) is -1.97. The van der Waals surface area contributed by atoms with E-state index in [0.717, 1.165) is 12.8 Å². The highest BCUT2D eigenvalue weighted by Crippen LogP contribution is 2.33. The largest absolute Gasteiger partial charge is 0.350 e. The number of hydrogen-bond donors (Lipinski definition) is 1. The van der Waals surface area contributed by atoms with E-state index >= 15 is 0 Å². The molecule has 1 heterocycles. The third-order valence-electron chi connectivity index (χ3n) is 5.71. The minimum absolute atomic E-state index is 0.0755. The fraction of sp³-hybridized carbons (Fsp3) is 0.524. The molecule has 0 bridgehead atoms. The molecule has 2 atom stereocenters. The maximum absolute atomic E-state index is 13.3. The van der Waals surface area contributed by atoms with Gasteiger partial charge in [0.05, 0.1) is 4.90 Å². The Morgan fingerprint density at radius 1 is 1.14 bits per heavy atom. The quantitative estimate of drug-likeness (QED) is 0.717. The zero-order valence-electron chi connectivity index (χ0n) is 17.2. The number of piperidine rings is 1. The highest BCUT2D eigenvalue weighted by molar-refractivity contribution is 7.89. The lowest BCUT2D eigenvalue weighted by Crippen LogP contribution is -2.54. The highest BCUT2D eigenvalue weighted by atomic mass is 32.2. The van der Waals surface area contributed by atoms with Crippen LogP contribution in [-0.2, 0) is 19.6 Å². The number of carbonyl (C=O) groups is 2. The molecular weight excluding hydrogens is 390 g/mol.